The molecule has 0 aliphatic rings. The van der Waals surface area contributed by atoms with Crippen molar-refractivity contribution < 1.29 is 9.90 Å². The Labute approximate surface area is 177 Å². The number of fused-ring (bicyclic) bond motifs is 1. The summed E-state index contributed by atoms with van der Waals surface area (Å²) < 4.78 is 0. The van der Waals surface area contributed by atoms with Gasteiger partial charge in [0.2, 0.25) is 6.41 Å². The highest BCUT2D eigenvalue weighted by atomic mass is 35.5. The normalized spacial score (nSPS) is 12.5. The molecule has 2 heterocycles. The van der Waals surface area contributed by atoms with E-state index >= 15 is 0 Å². The summed E-state index contributed by atoms with van der Waals surface area (Å²) in [4.78, 5) is 33.0. The quantitative estimate of drug-likeness (QED) is 0.334. The molecule has 0 saturated carbocycles. The van der Waals surface area contributed by atoms with Gasteiger partial charge in [-0.1, -0.05) is 37.2 Å². The van der Waals surface area contributed by atoms with Crippen LogP contribution in [-0.2, 0) is 4.79 Å². The number of nitrogens with zero attached hydrogens (tertiary/aromatic N) is 1. The molecule has 0 aliphatic carbocycles. The van der Waals surface area contributed by atoms with Crippen LogP contribution >= 0.6 is 11.6 Å². The van der Waals surface area contributed by atoms with E-state index in [4.69, 9.17) is 11.6 Å². The predicted octanol–water partition coefficient (Wildman–Crippen LogP) is 3.48. The summed E-state index contributed by atoms with van der Waals surface area (Å²) in [5.41, 5.74) is 2.12. The largest absolute Gasteiger partial charge is 0.507 e. The molecular formula is C21H22ClN5O3. The molecule has 1 atom stereocenters. The van der Waals surface area contributed by atoms with E-state index in [0.717, 1.165) is 18.2 Å². The van der Waals surface area contributed by atoms with Crippen LogP contribution in [0.15, 0.2) is 53.6 Å². The van der Waals surface area contributed by atoms with Gasteiger partial charge in [0.05, 0.1) is 11.6 Å². The Hall–Kier alpha value is -3.52. The van der Waals surface area contributed by atoms with Crippen molar-refractivity contribution in [2.24, 2.45) is 0 Å². The van der Waals surface area contributed by atoms with Crippen LogP contribution in [0.5, 0.6) is 5.75 Å². The van der Waals surface area contributed by atoms with Crippen LogP contribution in [0.25, 0.3) is 22.2 Å². The van der Waals surface area contributed by atoms with Gasteiger partial charge in [-0.05, 0) is 24.8 Å². The molecule has 156 valence electrons. The van der Waals surface area contributed by atoms with E-state index in [1.807, 2.05) is 13.0 Å². The molecule has 0 unspecified atom stereocenters. The molecule has 3 aromatic rings. The molecule has 2 aromatic heterocycles. The first-order valence-corrected chi connectivity index (χ1v) is 9.72. The minimum Gasteiger partial charge on any atom is -0.507 e. The van der Waals surface area contributed by atoms with Gasteiger partial charge in [-0.15, -0.1) is 0 Å². The lowest BCUT2D eigenvalue weighted by Gasteiger charge is -2.16. The number of imidazole rings is 1. The summed E-state index contributed by atoms with van der Waals surface area (Å²) in [7, 11) is 0. The van der Waals surface area contributed by atoms with E-state index < -0.39 is 6.04 Å². The second-order valence-corrected chi connectivity index (χ2v) is 6.97. The maximum atomic E-state index is 11.5. The number of halogens is 1. The lowest BCUT2D eigenvalue weighted by molar-refractivity contribution is -0.110. The number of pyridine rings is 1. The highest BCUT2D eigenvalue weighted by molar-refractivity contribution is 6.32. The van der Waals surface area contributed by atoms with Gasteiger partial charge in [0.1, 0.15) is 22.4 Å². The summed E-state index contributed by atoms with van der Waals surface area (Å²) in [6, 6.07) is 5.78. The van der Waals surface area contributed by atoms with E-state index in [1.54, 1.807) is 24.4 Å². The number of aromatic nitrogens is 3. The zero-order chi connectivity index (χ0) is 21.7. The van der Waals surface area contributed by atoms with E-state index in [9.17, 15) is 14.7 Å². The van der Waals surface area contributed by atoms with E-state index in [0.29, 0.717) is 46.0 Å². The van der Waals surface area contributed by atoms with Crippen LogP contribution in [-0.4, -0.2) is 26.5 Å². The first kappa shape index (κ1) is 21.2. The third kappa shape index (κ3) is 4.55. The van der Waals surface area contributed by atoms with Crippen LogP contribution in [0.4, 0.5) is 0 Å². The minimum absolute atomic E-state index is 0.132. The number of hydrogen-bond acceptors (Lipinski definition) is 5. The van der Waals surface area contributed by atoms with Crippen LogP contribution < -0.4 is 16.2 Å². The molecule has 0 saturated heterocycles. The van der Waals surface area contributed by atoms with E-state index in [1.165, 1.54) is 0 Å². The Bertz CT molecular complexity index is 1170. The Balaban J connectivity index is 1.99. The second-order valence-electron chi connectivity index (χ2n) is 6.59. The van der Waals surface area contributed by atoms with Crippen molar-refractivity contribution in [2.45, 2.75) is 25.8 Å². The molecule has 0 fully saturated rings. The van der Waals surface area contributed by atoms with Crippen molar-refractivity contribution >= 4 is 28.9 Å². The van der Waals surface area contributed by atoms with Crippen molar-refractivity contribution in [1.82, 2.24) is 25.6 Å². The monoisotopic (exact) mass is 427 g/mol. The fourth-order valence-electron chi connectivity index (χ4n) is 3.22. The lowest BCUT2D eigenvalue weighted by atomic mass is 10.1. The van der Waals surface area contributed by atoms with Crippen LogP contribution in [0.3, 0.4) is 0 Å². The zero-order valence-electron chi connectivity index (χ0n) is 16.3. The Kier molecular flexibility index (Phi) is 6.58. The molecule has 3 rings (SSSR count). The molecule has 9 heteroatoms. The summed E-state index contributed by atoms with van der Waals surface area (Å²) in [5.74, 6) is 0.355. The number of aromatic hydroxyl groups is 1. The van der Waals surface area contributed by atoms with Gasteiger partial charge in [0.25, 0.3) is 5.56 Å². The number of aromatic amines is 2. The SMILES string of the molecule is C=CN/C(=C\CC)C[C@H](NC=O)c1nc(-c2ccc3[nH]c(=O)cc(O)c3c2)c(Cl)[nH]1. The molecular weight excluding hydrogens is 406 g/mol. The third-order valence-electron chi connectivity index (χ3n) is 4.53. The van der Waals surface area contributed by atoms with Gasteiger partial charge < -0.3 is 25.7 Å². The van der Waals surface area contributed by atoms with Crippen molar-refractivity contribution in [3.05, 3.63) is 70.1 Å². The third-order valence-corrected chi connectivity index (χ3v) is 4.81. The van der Waals surface area contributed by atoms with Gasteiger partial charge in [-0.3, -0.25) is 9.59 Å². The van der Waals surface area contributed by atoms with Gasteiger partial charge >= 0.3 is 0 Å². The number of H-pyrrole nitrogens is 2. The van der Waals surface area contributed by atoms with E-state index in [2.05, 4.69) is 32.2 Å². The second kappa shape index (κ2) is 9.32. The Morgan fingerprint density at radius 1 is 1.37 bits per heavy atom. The number of hydrogen-bond donors (Lipinski definition) is 5. The minimum atomic E-state index is -0.441. The standard InChI is InChI=1S/C21H22ClN5O3/c1-3-5-13(23-4-2)9-16(24-11-28)21-26-19(20(22)27-21)12-6-7-15-14(8-12)17(29)10-18(30)25-15/h4-8,10-11,16,23H,2-3,9H2,1H3,(H,24,28)(H,26,27)(H2,25,29,30)/b13-5-/t16-/m0/s1. The van der Waals surface area contributed by atoms with Gasteiger partial charge in [-0.2, -0.15) is 0 Å². The average Bonchev–Trinajstić information content (AvgIpc) is 3.09. The number of carbonyl (C=O) groups is 1. The van der Waals surface area contributed by atoms with Crippen molar-refractivity contribution in [3.8, 4) is 17.0 Å². The van der Waals surface area contributed by atoms with Gasteiger partial charge in [-0.25, -0.2) is 4.98 Å². The number of rotatable bonds is 9. The van der Waals surface area contributed by atoms with Gasteiger partial charge in [0.15, 0.2) is 0 Å². The Morgan fingerprint density at radius 3 is 2.87 bits per heavy atom. The number of amides is 1. The number of carbonyl (C=O) groups excluding carboxylic acids is 1. The first-order chi connectivity index (χ1) is 14.5. The number of nitrogens with one attached hydrogen (secondary N) is 4. The molecule has 30 heavy (non-hydrogen) atoms. The molecule has 1 aromatic carbocycles. The van der Waals surface area contributed by atoms with Crippen molar-refractivity contribution in [2.75, 3.05) is 0 Å². The topological polar surface area (TPSA) is 123 Å². The predicted molar refractivity (Wildman–Crippen MR) is 117 cm³/mol. The summed E-state index contributed by atoms with van der Waals surface area (Å²) in [5, 5.41) is 16.7. The summed E-state index contributed by atoms with van der Waals surface area (Å²) >= 11 is 6.40. The maximum absolute atomic E-state index is 11.5. The maximum Gasteiger partial charge on any atom is 0.252 e. The summed E-state index contributed by atoms with van der Waals surface area (Å²) in [6.45, 7) is 5.69. The molecule has 5 N–H and O–H groups in total. The molecule has 0 radical (unpaired) electrons. The van der Waals surface area contributed by atoms with Crippen molar-refractivity contribution in [3.63, 3.8) is 0 Å². The molecule has 0 spiro atoms. The fourth-order valence-corrected chi connectivity index (χ4v) is 3.47. The average molecular weight is 428 g/mol. The first-order valence-electron chi connectivity index (χ1n) is 9.34. The zero-order valence-corrected chi connectivity index (χ0v) is 17.1. The molecule has 8 nitrogen and oxygen atoms in total. The molecule has 0 aliphatic heterocycles. The van der Waals surface area contributed by atoms with Crippen LogP contribution in [0.1, 0.15) is 31.6 Å². The lowest BCUT2D eigenvalue weighted by Crippen LogP contribution is -2.23. The van der Waals surface area contributed by atoms with Crippen molar-refractivity contribution in [1.29, 1.82) is 0 Å². The highest BCUT2D eigenvalue weighted by Gasteiger charge is 2.20. The van der Waals surface area contributed by atoms with Crippen LogP contribution in [0, 0.1) is 0 Å². The number of allylic oxidation sites excluding steroid dienone is 1. The summed E-state index contributed by atoms with van der Waals surface area (Å²) in [6.07, 6.45) is 5.46. The van der Waals surface area contributed by atoms with Crippen LogP contribution in [0.2, 0.25) is 5.15 Å². The molecule has 1 amide bonds. The smallest absolute Gasteiger partial charge is 0.252 e. The molecule has 0 bridgehead atoms. The van der Waals surface area contributed by atoms with Gasteiger partial charge in [0, 0.05) is 29.1 Å². The highest BCUT2D eigenvalue weighted by Crippen LogP contribution is 2.32. The fraction of sp³-hybridized carbons (Fsp3) is 0.190. The Morgan fingerprint density at radius 2 is 2.17 bits per heavy atom. The van der Waals surface area contributed by atoms with E-state index in [-0.39, 0.29) is 11.3 Å². The number of benzene rings is 1.